The van der Waals surface area contributed by atoms with E-state index in [1.807, 2.05) is 0 Å². The molecular formula is C15H20N4. The van der Waals surface area contributed by atoms with Crippen LogP contribution >= 0.6 is 0 Å². The molecule has 19 heavy (non-hydrogen) atoms. The molecule has 2 N–H and O–H groups in total. The van der Waals surface area contributed by atoms with Crippen molar-refractivity contribution in [1.29, 1.82) is 0 Å². The first-order valence-electron chi connectivity index (χ1n) is 6.84. The predicted molar refractivity (Wildman–Crippen MR) is 79.8 cm³/mol. The molecule has 0 amide bonds. The first kappa shape index (κ1) is 12.1. The van der Waals surface area contributed by atoms with Gasteiger partial charge < -0.3 is 10.2 Å². The molecular weight excluding hydrogens is 236 g/mol. The summed E-state index contributed by atoms with van der Waals surface area (Å²) in [4.78, 5) is 2.11. The molecule has 0 atom stereocenters. The standard InChI is InChI=1S/C15H20N4/c1-19(2)12-8-6-11(7-9-12)14-13-5-3-4-10-16-15(13)18-17-14/h6-9H,3-5,10H2,1-2H3,(H2,16,17,18). The Morgan fingerprint density at radius 3 is 2.63 bits per heavy atom. The van der Waals surface area contributed by atoms with Gasteiger partial charge in [0.05, 0.1) is 5.69 Å². The molecule has 0 saturated carbocycles. The number of fused-ring (bicyclic) bond motifs is 1. The number of benzene rings is 1. The van der Waals surface area contributed by atoms with Crippen molar-refractivity contribution in [3.63, 3.8) is 0 Å². The van der Waals surface area contributed by atoms with Gasteiger partial charge in [0, 0.05) is 37.5 Å². The second kappa shape index (κ2) is 4.96. The molecule has 0 saturated heterocycles. The molecule has 1 aromatic carbocycles. The Morgan fingerprint density at radius 2 is 1.89 bits per heavy atom. The van der Waals surface area contributed by atoms with Crippen molar-refractivity contribution in [1.82, 2.24) is 10.2 Å². The molecule has 0 unspecified atom stereocenters. The van der Waals surface area contributed by atoms with Crippen LogP contribution in [-0.4, -0.2) is 30.8 Å². The smallest absolute Gasteiger partial charge is 0.151 e. The summed E-state index contributed by atoms with van der Waals surface area (Å²) in [5.74, 6) is 1.03. The molecule has 3 rings (SSSR count). The minimum Gasteiger partial charge on any atom is -0.378 e. The Bertz CT molecular complexity index is 554. The molecule has 1 aliphatic heterocycles. The van der Waals surface area contributed by atoms with Gasteiger partial charge in [-0.2, -0.15) is 5.10 Å². The molecule has 0 bridgehead atoms. The molecule has 100 valence electrons. The van der Waals surface area contributed by atoms with E-state index in [0.717, 1.165) is 24.5 Å². The molecule has 0 fully saturated rings. The van der Waals surface area contributed by atoms with Gasteiger partial charge in [0.15, 0.2) is 5.82 Å². The van der Waals surface area contributed by atoms with Crippen LogP contribution in [0.15, 0.2) is 24.3 Å². The second-order valence-corrected chi connectivity index (χ2v) is 5.25. The van der Waals surface area contributed by atoms with E-state index in [1.54, 1.807) is 0 Å². The van der Waals surface area contributed by atoms with Crippen LogP contribution in [-0.2, 0) is 6.42 Å². The van der Waals surface area contributed by atoms with Crippen LogP contribution in [0.2, 0.25) is 0 Å². The third-order valence-electron chi connectivity index (χ3n) is 3.69. The highest BCUT2D eigenvalue weighted by Crippen LogP contribution is 2.30. The van der Waals surface area contributed by atoms with Crippen LogP contribution in [0.1, 0.15) is 18.4 Å². The number of aromatic amines is 1. The fourth-order valence-corrected chi connectivity index (χ4v) is 2.55. The van der Waals surface area contributed by atoms with Crippen molar-refractivity contribution in [2.45, 2.75) is 19.3 Å². The Balaban J connectivity index is 1.96. The van der Waals surface area contributed by atoms with Gasteiger partial charge in [-0.05, 0) is 31.4 Å². The maximum absolute atomic E-state index is 4.40. The van der Waals surface area contributed by atoms with Crippen LogP contribution in [0.25, 0.3) is 11.3 Å². The predicted octanol–water partition coefficient (Wildman–Crippen LogP) is 2.89. The van der Waals surface area contributed by atoms with Gasteiger partial charge in [-0.1, -0.05) is 12.1 Å². The lowest BCUT2D eigenvalue weighted by molar-refractivity contribution is 0.783. The Hall–Kier alpha value is -1.97. The number of rotatable bonds is 2. The molecule has 0 radical (unpaired) electrons. The SMILES string of the molecule is CN(C)c1ccc(-c2[nH]nc3c2CCCCN3)cc1. The molecule has 4 heteroatoms. The monoisotopic (exact) mass is 256 g/mol. The van der Waals surface area contributed by atoms with Crippen LogP contribution in [0.4, 0.5) is 11.5 Å². The lowest BCUT2D eigenvalue weighted by atomic mass is 10.0. The average molecular weight is 256 g/mol. The van der Waals surface area contributed by atoms with Crippen molar-refractivity contribution in [2.24, 2.45) is 0 Å². The number of hydrogen-bond donors (Lipinski definition) is 2. The number of hydrogen-bond acceptors (Lipinski definition) is 3. The van der Waals surface area contributed by atoms with E-state index in [1.165, 1.54) is 29.7 Å². The summed E-state index contributed by atoms with van der Waals surface area (Å²) in [6, 6.07) is 8.61. The Morgan fingerprint density at radius 1 is 1.11 bits per heavy atom. The lowest BCUT2D eigenvalue weighted by Gasteiger charge is -2.12. The quantitative estimate of drug-likeness (QED) is 0.868. The summed E-state index contributed by atoms with van der Waals surface area (Å²) in [6.07, 6.45) is 3.54. The zero-order valence-electron chi connectivity index (χ0n) is 11.5. The van der Waals surface area contributed by atoms with E-state index in [-0.39, 0.29) is 0 Å². The second-order valence-electron chi connectivity index (χ2n) is 5.25. The summed E-state index contributed by atoms with van der Waals surface area (Å²) in [7, 11) is 4.11. The third kappa shape index (κ3) is 2.30. The highest BCUT2D eigenvalue weighted by molar-refractivity contribution is 5.70. The van der Waals surface area contributed by atoms with Crippen LogP contribution in [0.3, 0.4) is 0 Å². The Kier molecular flexibility index (Phi) is 3.15. The summed E-state index contributed by atoms with van der Waals surface area (Å²) < 4.78 is 0. The summed E-state index contributed by atoms with van der Waals surface area (Å²) >= 11 is 0. The van der Waals surface area contributed by atoms with Gasteiger partial charge in [0.25, 0.3) is 0 Å². The number of nitrogens with zero attached hydrogens (tertiary/aromatic N) is 2. The number of nitrogens with one attached hydrogen (secondary N) is 2. The van der Waals surface area contributed by atoms with Crippen molar-refractivity contribution in [2.75, 3.05) is 30.9 Å². The van der Waals surface area contributed by atoms with Crippen molar-refractivity contribution in [3.05, 3.63) is 29.8 Å². The summed E-state index contributed by atoms with van der Waals surface area (Å²) in [5.41, 5.74) is 4.92. The van der Waals surface area contributed by atoms with Crippen LogP contribution in [0.5, 0.6) is 0 Å². The van der Waals surface area contributed by atoms with Gasteiger partial charge in [-0.3, -0.25) is 5.10 Å². The summed E-state index contributed by atoms with van der Waals surface area (Å²) in [6.45, 7) is 1.02. The number of aromatic nitrogens is 2. The van der Waals surface area contributed by atoms with E-state index in [9.17, 15) is 0 Å². The molecule has 1 aromatic heterocycles. The molecule has 0 aliphatic carbocycles. The molecule has 0 spiro atoms. The van der Waals surface area contributed by atoms with Gasteiger partial charge in [0.2, 0.25) is 0 Å². The van der Waals surface area contributed by atoms with Gasteiger partial charge in [0.1, 0.15) is 0 Å². The van der Waals surface area contributed by atoms with Crippen LogP contribution in [0, 0.1) is 0 Å². The maximum Gasteiger partial charge on any atom is 0.151 e. The van der Waals surface area contributed by atoms with E-state index >= 15 is 0 Å². The van der Waals surface area contributed by atoms with Gasteiger partial charge in [-0.25, -0.2) is 0 Å². The topological polar surface area (TPSA) is 44.0 Å². The molecule has 2 heterocycles. The van der Waals surface area contributed by atoms with E-state index in [0.29, 0.717) is 0 Å². The fraction of sp³-hybridized carbons (Fsp3) is 0.400. The highest BCUT2D eigenvalue weighted by Gasteiger charge is 2.16. The fourth-order valence-electron chi connectivity index (χ4n) is 2.55. The number of anilines is 2. The van der Waals surface area contributed by atoms with Crippen LogP contribution < -0.4 is 10.2 Å². The third-order valence-corrected chi connectivity index (χ3v) is 3.69. The largest absolute Gasteiger partial charge is 0.378 e. The molecule has 4 nitrogen and oxygen atoms in total. The zero-order valence-corrected chi connectivity index (χ0v) is 11.5. The Labute approximate surface area is 113 Å². The minimum atomic E-state index is 1.02. The molecule has 1 aliphatic rings. The minimum absolute atomic E-state index is 1.02. The van der Waals surface area contributed by atoms with Gasteiger partial charge in [-0.15, -0.1) is 0 Å². The van der Waals surface area contributed by atoms with Crippen molar-refractivity contribution < 1.29 is 0 Å². The van der Waals surface area contributed by atoms with Crippen molar-refractivity contribution in [3.8, 4) is 11.3 Å². The summed E-state index contributed by atoms with van der Waals surface area (Å²) in [5, 5.41) is 11.0. The first-order chi connectivity index (χ1) is 9.25. The van der Waals surface area contributed by atoms with E-state index in [4.69, 9.17) is 0 Å². The zero-order chi connectivity index (χ0) is 13.2. The van der Waals surface area contributed by atoms with E-state index < -0.39 is 0 Å². The van der Waals surface area contributed by atoms with E-state index in [2.05, 4.69) is 58.8 Å². The lowest BCUT2D eigenvalue weighted by Crippen LogP contribution is -2.07. The average Bonchev–Trinajstić information content (AvgIpc) is 2.68. The maximum atomic E-state index is 4.40. The van der Waals surface area contributed by atoms with Gasteiger partial charge >= 0.3 is 0 Å². The normalized spacial score (nSPS) is 14.4. The highest BCUT2D eigenvalue weighted by atomic mass is 15.2. The first-order valence-corrected chi connectivity index (χ1v) is 6.84. The van der Waals surface area contributed by atoms with Crippen molar-refractivity contribution >= 4 is 11.5 Å². The number of H-pyrrole nitrogens is 1. The molecule has 2 aromatic rings.